The molecule has 3 saturated heterocycles. The molecule has 1 unspecified atom stereocenters. The van der Waals surface area contributed by atoms with Crippen molar-refractivity contribution < 1.29 is 22.5 Å². The van der Waals surface area contributed by atoms with Crippen molar-refractivity contribution in [2.75, 3.05) is 39.3 Å². The predicted octanol–water partition coefficient (Wildman–Crippen LogP) is 0.0899. The summed E-state index contributed by atoms with van der Waals surface area (Å²) in [5.74, 6) is -0.731. The van der Waals surface area contributed by atoms with Crippen LogP contribution in [-0.4, -0.2) is 74.1 Å². The fraction of sp³-hybridized carbons (Fsp3) is 0.500. The number of benzene rings is 1. The molecule has 0 aromatic heterocycles. The van der Waals surface area contributed by atoms with Gasteiger partial charge in [-0.15, -0.1) is 0 Å². The van der Waals surface area contributed by atoms with E-state index < -0.39 is 21.0 Å². The van der Waals surface area contributed by atoms with Gasteiger partial charge in [-0.2, -0.15) is 8.42 Å². The lowest BCUT2D eigenvalue weighted by Crippen LogP contribution is -2.62. The lowest BCUT2D eigenvalue weighted by Gasteiger charge is -2.47. The van der Waals surface area contributed by atoms with Crippen LogP contribution in [0.1, 0.15) is 10.4 Å². The van der Waals surface area contributed by atoms with E-state index in [4.69, 9.17) is 4.74 Å². The molecule has 4 rings (SSSR count). The lowest BCUT2D eigenvalue weighted by atomic mass is 10.1. The second-order valence-corrected chi connectivity index (χ2v) is 6.95. The second-order valence-electron chi connectivity index (χ2n) is 5.56. The van der Waals surface area contributed by atoms with Gasteiger partial charge in [0.1, 0.15) is 11.5 Å². The molecule has 3 heterocycles. The largest absolute Gasteiger partial charge is 0.460 e. The van der Waals surface area contributed by atoms with Crippen molar-refractivity contribution in [3.8, 4) is 0 Å². The van der Waals surface area contributed by atoms with Crippen LogP contribution in [0.4, 0.5) is 0 Å². The summed E-state index contributed by atoms with van der Waals surface area (Å²) < 4.78 is 37.0. The highest BCUT2D eigenvalue weighted by molar-refractivity contribution is 7.86. The van der Waals surface area contributed by atoms with Crippen molar-refractivity contribution in [1.82, 2.24) is 9.80 Å². The van der Waals surface area contributed by atoms with Crippen molar-refractivity contribution >= 4 is 16.1 Å². The Morgan fingerprint density at radius 3 is 2.50 bits per heavy atom. The first kappa shape index (κ1) is 15.4. The first-order chi connectivity index (χ1) is 10.4. The molecule has 7 nitrogen and oxygen atoms in total. The van der Waals surface area contributed by atoms with E-state index in [9.17, 15) is 17.8 Å². The van der Waals surface area contributed by atoms with Crippen molar-refractivity contribution in [1.29, 1.82) is 0 Å². The van der Waals surface area contributed by atoms with E-state index in [2.05, 4.69) is 9.80 Å². The maximum atomic E-state index is 12.1. The molecule has 1 aromatic carbocycles. The fourth-order valence-corrected chi connectivity index (χ4v) is 3.67. The van der Waals surface area contributed by atoms with Crippen LogP contribution in [0.15, 0.2) is 29.2 Å². The average molecular weight is 326 g/mol. The SMILES string of the molecule is O=C(OCC1CN2CCN1CC2)c1ccccc1S(=O)(=O)O. The minimum Gasteiger partial charge on any atom is -0.460 e. The Kier molecular flexibility index (Phi) is 4.18. The summed E-state index contributed by atoms with van der Waals surface area (Å²) in [7, 11) is -4.45. The number of carbonyl (C=O) groups excluding carboxylic acids is 1. The van der Waals surface area contributed by atoms with Crippen LogP contribution in [0.5, 0.6) is 0 Å². The van der Waals surface area contributed by atoms with Crippen molar-refractivity contribution in [3.63, 3.8) is 0 Å². The van der Waals surface area contributed by atoms with Gasteiger partial charge in [-0.25, -0.2) is 4.79 Å². The van der Waals surface area contributed by atoms with Crippen molar-refractivity contribution in [2.24, 2.45) is 0 Å². The molecule has 3 fully saturated rings. The molecule has 22 heavy (non-hydrogen) atoms. The smallest absolute Gasteiger partial charge is 0.339 e. The van der Waals surface area contributed by atoms with Gasteiger partial charge in [0.25, 0.3) is 10.1 Å². The van der Waals surface area contributed by atoms with Gasteiger partial charge in [-0.05, 0) is 12.1 Å². The molecule has 3 aliphatic heterocycles. The number of nitrogens with zero attached hydrogens (tertiary/aromatic N) is 2. The molecule has 3 aliphatic rings. The molecule has 1 aromatic rings. The van der Waals surface area contributed by atoms with Crippen LogP contribution in [0.2, 0.25) is 0 Å². The van der Waals surface area contributed by atoms with Gasteiger partial charge in [0.2, 0.25) is 0 Å². The van der Waals surface area contributed by atoms with E-state index in [1.165, 1.54) is 24.3 Å². The Hall–Kier alpha value is -1.48. The number of esters is 1. The van der Waals surface area contributed by atoms with Gasteiger partial charge in [-0.3, -0.25) is 14.4 Å². The van der Waals surface area contributed by atoms with Gasteiger partial charge in [0.05, 0.1) is 11.6 Å². The molecule has 1 N–H and O–H groups in total. The summed E-state index contributed by atoms with van der Waals surface area (Å²) in [6, 6.07) is 5.64. The molecule has 8 heteroatoms. The van der Waals surface area contributed by atoms with Crippen LogP contribution in [0.3, 0.4) is 0 Å². The molecular weight excluding hydrogens is 308 g/mol. The third-order valence-corrected chi connectivity index (χ3v) is 5.10. The molecular formula is C14H18N2O5S. The molecule has 0 spiro atoms. The minimum atomic E-state index is -4.45. The zero-order valence-corrected chi connectivity index (χ0v) is 12.8. The quantitative estimate of drug-likeness (QED) is 0.620. The van der Waals surface area contributed by atoms with Gasteiger partial charge in [0, 0.05) is 32.7 Å². The molecule has 2 bridgehead atoms. The Morgan fingerprint density at radius 1 is 1.23 bits per heavy atom. The van der Waals surface area contributed by atoms with Crippen LogP contribution in [0, 0.1) is 0 Å². The summed E-state index contributed by atoms with van der Waals surface area (Å²) in [4.78, 5) is 16.3. The fourth-order valence-electron chi connectivity index (χ4n) is 2.99. The third-order valence-electron chi connectivity index (χ3n) is 4.18. The molecule has 0 amide bonds. The van der Waals surface area contributed by atoms with Crippen LogP contribution in [0.25, 0.3) is 0 Å². The Morgan fingerprint density at radius 2 is 1.91 bits per heavy atom. The zero-order chi connectivity index (χ0) is 15.7. The maximum absolute atomic E-state index is 12.1. The van der Waals surface area contributed by atoms with Gasteiger partial charge >= 0.3 is 5.97 Å². The minimum absolute atomic E-state index is 0.138. The molecule has 120 valence electrons. The van der Waals surface area contributed by atoms with Crippen molar-refractivity contribution in [3.05, 3.63) is 29.8 Å². The van der Waals surface area contributed by atoms with E-state index in [-0.39, 0.29) is 18.2 Å². The monoisotopic (exact) mass is 326 g/mol. The highest BCUT2D eigenvalue weighted by atomic mass is 32.2. The Labute approximate surface area is 129 Å². The summed E-state index contributed by atoms with van der Waals surface area (Å²) >= 11 is 0. The molecule has 0 radical (unpaired) electrons. The zero-order valence-electron chi connectivity index (χ0n) is 12.0. The highest BCUT2D eigenvalue weighted by Crippen LogP contribution is 2.19. The van der Waals surface area contributed by atoms with Gasteiger partial charge in [0.15, 0.2) is 0 Å². The Bertz CT molecular complexity index is 668. The van der Waals surface area contributed by atoms with Crippen LogP contribution >= 0.6 is 0 Å². The second kappa shape index (κ2) is 5.96. The van der Waals surface area contributed by atoms with E-state index in [0.717, 1.165) is 32.7 Å². The maximum Gasteiger partial charge on any atom is 0.339 e. The van der Waals surface area contributed by atoms with E-state index in [1.807, 2.05) is 0 Å². The number of piperazine rings is 3. The molecule has 0 saturated carbocycles. The molecule has 1 atom stereocenters. The predicted molar refractivity (Wildman–Crippen MR) is 78.3 cm³/mol. The first-order valence-corrected chi connectivity index (χ1v) is 8.59. The molecule has 0 aliphatic carbocycles. The summed E-state index contributed by atoms with van der Waals surface area (Å²) in [5.41, 5.74) is -0.138. The normalized spacial score (nSPS) is 27.6. The number of hydrogen-bond donors (Lipinski definition) is 1. The van der Waals surface area contributed by atoms with Gasteiger partial charge < -0.3 is 4.74 Å². The number of rotatable bonds is 4. The van der Waals surface area contributed by atoms with E-state index in [0.29, 0.717) is 0 Å². The summed E-state index contributed by atoms with van der Waals surface area (Å²) in [5, 5.41) is 0. The number of fused-ring (bicyclic) bond motifs is 3. The lowest BCUT2D eigenvalue weighted by molar-refractivity contribution is -0.0217. The number of hydrogen-bond acceptors (Lipinski definition) is 6. The summed E-state index contributed by atoms with van der Waals surface area (Å²) in [6.45, 7) is 5.07. The number of carbonyl (C=O) groups is 1. The van der Waals surface area contributed by atoms with Crippen molar-refractivity contribution in [2.45, 2.75) is 10.9 Å². The first-order valence-electron chi connectivity index (χ1n) is 7.15. The van der Waals surface area contributed by atoms with Gasteiger partial charge in [-0.1, -0.05) is 12.1 Å². The highest BCUT2D eigenvalue weighted by Gasteiger charge is 2.33. The third kappa shape index (κ3) is 3.14. The number of ether oxygens (including phenoxy) is 1. The van der Waals surface area contributed by atoms with Crippen LogP contribution in [-0.2, 0) is 14.9 Å². The Balaban J connectivity index is 1.68. The van der Waals surface area contributed by atoms with Crippen LogP contribution < -0.4 is 0 Å². The average Bonchev–Trinajstić information content (AvgIpc) is 2.53. The summed E-state index contributed by atoms with van der Waals surface area (Å²) in [6.07, 6.45) is 0. The van der Waals surface area contributed by atoms with E-state index >= 15 is 0 Å². The topological polar surface area (TPSA) is 87.2 Å². The van der Waals surface area contributed by atoms with E-state index in [1.54, 1.807) is 0 Å². The standard InChI is InChI=1S/C14H18N2O5S/c17-14(12-3-1-2-4-13(12)22(18,19)20)21-10-11-9-15-5-7-16(11)8-6-15/h1-4,11H,5-10H2,(H,18,19,20).